The minimum absolute atomic E-state index is 0.117. The van der Waals surface area contributed by atoms with E-state index in [9.17, 15) is 9.59 Å². The number of carbonyl (C=O) groups excluding carboxylic acids is 2. The predicted molar refractivity (Wildman–Crippen MR) is 71.8 cm³/mol. The summed E-state index contributed by atoms with van der Waals surface area (Å²) in [5, 5.41) is 2.76. The van der Waals surface area contributed by atoms with Crippen LogP contribution in [-0.4, -0.2) is 43.0 Å². The number of amides is 2. The summed E-state index contributed by atoms with van der Waals surface area (Å²) in [6, 6.07) is 7.50. The van der Waals surface area contributed by atoms with Crippen LogP contribution >= 0.6 is 0 Å². The van der Waals surface area contributed by atoms with Crippen LogP contribution in [0.1, 0.15) is 12.0 Å². The molecule has 0 unspecified atom stereocenters. The van der Waals surface area contributed by atoms with Gasteiger partial charge in [0.1, 0.15) is 6.42 Å². The molecule has 2 amide bonds. The quantitative estimate of drug-likeness (QED) is 0.832. The Kier molecular flexibility index (Phi) is 4.52. The molecule has 1 aromatic carbocycles. The number of hydrogen-bond acceptors (Lipinski definition) is 3. The molecule has 0 spiro atoms. The van der Waals surface area contributed by atoms with Crippen LogP contribution in [0, 0.1) is 6.92 Å². The van der Waals surface area contributed by atoms with Crippen LogP contribution in [0.15, 0.2) is 24.3 Å². The summed E-state index contributed by atoms with van der Waals surface area (Å²) in [5.41, 5.74) is 1.73. The Morgan fingerprint density at radius 3 is 2.63 bits per heavy atom. The zero-order valence-corrected chi connectivity index (χ0v) is 11.0. The van der Waals surface area contributed by atoms with Gasteiger partial charge in [0, 0.05) is 18.8 Å². The molecule has 102 valence electrons. The fourth-order valence-electron chi connectivity index (χ4n) is 1.97. The molecule has 0 saturated carbocycles. The Labute approximate surface area is 112 Å². The van der Waals surface area contributed by atoms with Gasteiger partial charge >= 0.3 is 0 Å². The Balaban J connectivity index is 1.87. The summed E-state index contributed by atoms with van der Waals surface area (Å²) >= 11 is 0. The number of benzene rings is 1. The SMILES string of the molecule is Cc1ccccc1NC(=O)CC(=O)N1CCOCC1. The third-order valence-electron chi connectivity index (χ3n) is 3.09. The fourth-order valence-corrected chi connectivity index (χ4v) is 1.97. The van der Waals surface area contributed by atoms with Gasteiger partial charge in [0.25, 0.3) is 0 Å². The molecule has 1 heterocycles. The summed E-state index contributed by atoms with van der Waals surface area (Å²) < 4.78 is 5.17. The molecule has 1 aliphatic rings. The largest absolute Gasteiger partial charge is 0.378 e. The number of nitrogens with one attached hydrogen (secondary N) is 1. The molecule has 5 heteroatoms. The topological polar surface area (TPSA) is 58.6 Å². The lowest BCUT2D eigenvalue weighted by Gasteiger charge is -2.26. The highest BCUT2D eigenvalue weighted by Gasteiger charge is 2.19. The molecule has 0 radical (unpaired) electrons. The van der Waals surface area contributed by atoms with Gasteiger partial charge in [-0.2, -0.15) is 0 Å². The molecule has 1 saturated heterocycles. The highest BCUT2D eigenvalue weighted by molar-refractivity contribution is 6.03. The molecule has 19 heavy (non-hydrogen) atoms. The monoisotopic (exact) mass is 262 g/mol. The van der Waals surface area contributed by atoms with E-state index in [0.29, 0.717) is 26.3 Å². The number of carbonyl (C=O) groups is 2. The molecular weight excluding hydrogens is 244 g/mol. The number of anilines is 1. The van der Waals surface area contributed by atoms with Crippen molar-refractivity contribution in [1.82, 2.24) is 4.90 Å². The van der Waals surface area contributed by atoms with Gasteiger partial charge in [-0.15, -0.1) is 0 Å². The molecule has 1 aliphatic heterocycles. The van der Waals surface area contributed by atoms with Crippen LogP contribution in [-0.2, 0) is 14.3 Å². The van der Waals surface area contributed by atoms with E-state index in [1.54, 1.807) is 4.90 Å². The Hall–Kier alpha value is -1.88. The summed E-state index contributed by atoms with van der Waals surface area (Å²) in [5.74, 6) is -0.417. The number of hydrogen-bond donors (Lipinski definition) is 1. The number of aryl methyl sites for hydroxylation is 1. The van der Waals surface area contributed by atoms with Gasteiger partial charge in [-0.05, 0) is 18.6 Å². The van der Waals surface area contributed by atoms with Gasteiger partial charge < -0.3 is 15.0 Å². The minimum Gasteiger partial charge on any atom is -0.378 e. The molecule has 1 aromatic rings. The average Bonchev–Trinajstić information content (AvgIpc) is 2.42. The average molecular weight is 262 g/mol. The van der Waals surface area contributed by atoms with Gasteiger partial charge in [0.05, 0.1) is 13.2 Å². The third-order valence-corrected chi connectivity index (χ3v) is 3.09. The standard InChI is InChI=1S/C14H18N2O3/c1-11-4-2-3-5-12(11)15-13(17)10-14(18)16-6-8-19-9-7-16/h2-5H,6-10H2,1H3,(H,15,17). The van der Waals surface area contributed by atoms with Crippen molar-refractivity contribution in [2.45, 2.75) is 13.3 Å². The summed E-state index contributed by atoms with van der Waals surface area (Å²) in [6.45, 7) is 4.14. The van der Waals surface area contributed by atoms with E-state index in [4.69, 9.17) is 4.74 Å². The van der Waals surface area contributed by atoms with Crippen molar-refractivity contribution in [2.24, 2.45) is 0 Å². The summed E-state index contributed by atoms with van der Waals surface area (Å²) in [4.78, 5) is 25.4. The normalized spacial score (nSPS) is 15.1. The van der Waals surface area contributed by atoms with Crippen molar-refractivity contribution >= 4 is 17.5 Å². The van der Waals surface area contributed by atoms with Crippen LogP contribution in [0.4, 0.5) is 5.69 Å². The van der Waals surface area contributed by atoms with Gasteiger partial charge in [-0.1, -0.05) is 18.2 Å². The second kappa shape index (κ2) is 6.33. The third kappa shape index (κ3) is 3.79. The maximum absolute atomic E-state index is 11.9. The predicted octanol–water partition coefficient (Wildman–Crippen LogP) is 1.18. The van der Waals surface area contributed by atoms with E-state index >= 15 is 0 Å². The van der Waals surface area contributed by atoms with Crippen LogP contribution < -0.4 is 5.32 Å². The van der Waals surface area contributed by atoms with Crippen molar-refractivity contribution in [2.75, 3.05) is 31.6 Å². The van der Waals surface area contributed by atoms with Crippen LogP contribution in [0.3, 0.4) is 0 Å². The van der Waals surface area contributed by atoms with Crippen molar-refractivity contribution < 1.29 is 14.3 Å². The number of ether oxygens (including phenoxy) is 1. The lowest BCUT2D eigenvalue weighted by Crippen LogP contribution is -2.41. The lowest BCUT2D eigenvalue weighted by molar-refractivity contribution is -0.138. The van der Waals surface area contributed by atoms with Gasteiger partial charge in [-0.25, -0.2) is 0 Å². The van der Waals surface area contributed by atoms with Crippen LogP contribution in [0.25, 0.3) is 0 Å². The first kappa shape index (κ1) is 13.5. The highest BCUT2D eigenvalue weighted by Crippen LogP contribution is 2.13. The highest BCUT2D eigenvalue weighted by atomic mass is 16.5. The fraction of sp³-hybridized carbons (Fsp3) is 0.429. The van der Waals surface area contributed by atoms with E-state index in [1.165, 1.54) is 0 Å². The number of nitrogens with zero attached hydrogens (tertiary/aromatic N) is 1. The Morgan fingerprint density at radius 2 is 1.95 bits per heavy atom. The molecule has 0 aromatic heterocycles. The van der Waals surface area contributed by atoms with Gasteiger partial charge in [0.2, 0.25) is 11.8 Å². The van der Waals surface area contributed by atoms with Crippen molar-refractivity contribution in [3.05, 3.63) is 29.8 Å². The summed E-state index contributed by atoms with van der Waals surface area (Å²) in [7, 11) is 0. The molecule has 0 aliphatic carbocycles. The molecule has 2 rings (SSSR count). The number of morpholine rings is 1. The molecule has 5 nitrogen and oxygen atoms in total. The first-order chi connectivity index (χ1) is 9.16. The molecular formula is C14H18N2O3. The molecule has 0 bridgehead atoms. The molecule has 1 fully saturated rings. The second-order valence-corrected chi connectivity index (χ2v) is 4.53. The minimum atomic E-state index is -0.272. The molecule has 1 N–H and O–H groups in total. The van der Waals surface area contributed by atoms with E-state index in [-0.39, 0.29) is 18.2 Å². The van der Waals surface area contributed by atoms with Crippen molar-refractivity contribution in [3.63, 3.8) is 0 Å². The smallest absolute Gasteiger partial charge is 0.233 e. The van der Waals surface area contributed by atoms with Crippen molar-refractivity contribution in [1.29, 1.82) is 0 Å². The van der Waals surface area contributed by atoms with E-state index < -0.39 is 0 Å². The first-order valence-electron chi connectivity index (χ1n) is 6.38. The zero-order valence-electron chi connectivity index (χ0n) is 11.0. The van der Waals surface area contributed by atoms with Gasteiger partial charge in [0.15, 0.2) is 0 Å². The van der Waals surface area contributed by atoms with Crippen LogP contribution in [0.2, 0.25) is 0 Å². The van der Waals surface area contributed by atoms with Crippen LogP contribution in [0.5, 0.6) is 0 Å². The van der Waals surface area contributed by atoms with E-state index in [2.05, 4.69) is 5.32 Å². The zero-order chi connectivity index (χ0) is 13.7. The van der Waals surface area contributed by atoms with Crippen molar-refractivity contribution in [3.8, 4) is 0 Å². The second-order valence-electron chi connectivity index (χ2n) is 4.53. The number of rotatable bonds is 3. The van der Waals surface area contributed by atoms with E-state index in [1.807, 2.05) is 31.2 Å². The Bertz CT molecular complexity index is 468. The molecule has 0 atom stereocenters. The lowest BCUT2D eigenvalue weighted by atomic mass is 10.2. The summed E-state index contributed by atoms with van der Waals surface area (Å²) in [6.07, 6.45) is -0.117. The maximum atomic E-state index is 11.9. The van der Waals surface area contributed by atoms with E-state index in [0.717, 1.165) is 11.3 Å². The first-order valence-corrected chi connectivity index (χ1v) is 6.38. The number of para-hydroxylation sites is 1. The van der Waals surface area contributed by atoms with Gasteiger partial charge in [-0.3, -0.25) is 9.59 Å². The maximum Gasteiger partial charge on any atom is 0.233 e. The Morgan fingerprint density at radius 1 is 1.26 bits per heavy atom.